The lowest BCUT2D eigenvalue weighted by atomic mass is 9.85. The van der Waals surface area contributed by atoms with Gasteiger partial charge < -0.3 is 20.1 Å². The Morgan fingerprint density at radius 2 is 2.04 bits per heavy atom. The molecule has 9 nitrogen and oxygen atoms in total. The fourth-order valence-electron chi connectivity index (χ4n) is 2.65. The number of benzene rings is 1. The second kappa shape index (κ2) is 6.42. The summed E-state index contributed by atoms with van der Waals surface area (Å²) in [5, 5.41) is 13.2. The van der Waals surface area contributed by atoms with E-state index in [9.17, 15) is 9.59 Å². The number of ether oxygens (including phenoxy) is 2. The van der Waals surface area contributed by atoms with E-state index in [2.05, 4.69) is 20.9 Å². The van der Waals surface area contributed by atoms with Gasteiger partial charge in [-0.05, 0) is 25.0 Å². The average molecular weight is 343 g/mol. The number of rotatable bonds is 5. The third-order valence-electron chi connectivity index (χ3n) is 4.23. The highest BCUT2D eigenvalue weighted by molar-refractivity contribution is 5.92. The van der Waals surface area contributed by atoms with Crippen molar-refractivity contribution in [3.63, 3.8) is 0 Å². The number of aromatic nitrogens is 3. The summed E-state index contributed by atoms with van der Waals surface area (Å²) in [6.07, 6.45) is 4.45. The molecule has 2 N–H and O–H groups in total. The summed E-state index contributed by atoms with van der Waals surface area (Å²) in [4.78, 5) is 24.0. The maximum atomic E-state index is 12.1. The van der Waals surface area contributed by atoms with Gasteiger partial charge in [-0.1, -0.05) is 11.6 Å². The minimum Gasteiger partial charge on any atom is -0.454 e. The van der Waals surface area contributed by atoms with Crippen LogP contribution in [0.5, 0.6) is 11.5 Å². The molecule has 2 aliphatic rings. The summed E-state index contributed by atoms with van der Waals surface area (Å²) in [7, 11) is 0. The van der Waals surface area contributed by atoms with Gasteiger partial charge in [0.25, 0.3) is 0 Å². The van der Waals surface area contributed by atoms with Crippen LogP contribution in [0.15, 0.2) is 24.4 Å². The quantitative estimate of drug-likeness (QED) is 0.849. The van der Waals surface area contributed by atoms with E-state index in [4.69, 9.17) is 9.47 Å². The lowest BCUT2D eigenvalue weighted by Gasteiger charge is -2.23. The van der Waals surface area contributed by atoms with Gasteiger partial charge in [0.1, 0.15) is 6.54 Å². The average Bonchev–Trinajstić information content (AvgIpc) is 3.14. The lowest BCUT2D eigenvalue weighted by Crippen LogP contribution is -2.28. The number of nitrogens with zero attached hydrogens (tertiary/aromatic N) is 3. The molecule has 1 aliphatic heterocycles. The van der Waals surface area contributed by atoms with Crippen molar-refractivity contribution >= 4 is 23.3 Å². The summed E-state index contributed by atoms with van der Waals surface area (Å²) in [6.45, 7) is 0.168. The van der Waals surface area contributed by atoms with Crippen molar-refractivity contribution in [1.82, 2.24) is 15.0 Å². The first kappa shape index (κ1) is 15.4. The Labute approximate surface area is 143 Å². The van der Waals surface area contributed by atoms with E-state index in [1.807, 2.05) is 0 Å². The number of anilines is 2. The molecule has 1 fully saturated rings. The van der Waals surface area contributed by atoms with Crippen LogP contribution in [0.4, 0.5) is 11.5 Å². The van der Waals surface area contributed by atoms with Gasteiger partial charge in [-0.2, -0.15) is 0 Å². The fraction of sp³-hybridized carbons (Fsp3) is 0.375. The molecule has 25 heavy (non-hydrogen) atoms. The highest BCUT2D eigenvalue weighted by Crippen LogP contribution is 2.34. The standard InChI is InChI=1S/C16H17N5O4/c22-15(17-11-4-5-12-13(6-11)25-9-24-12)8-21-7-14(19-20-21)18-16(23)10-2-1-3-10/h4-7,10H,1-3,8-9H2,(H,17,22)(H,18,23). The van der Waals surface area contributed by atoms with Crippen LogP contribution >= 0.6 is 0 Å². The van der Waals surface area contributed by atoms with Crippen molar-refractivity contribution in [3.05, 3.63) is 24.4 Å². The molecule has 2 heterocycles. The highest BCUT2D eigenvalue weighted by Gasteiger charge is 2.25. The van der Waals surface area contributed by atoms with Gasteiger partial charge in [-0.25, -0.2) is 4.68 Å². The molecule has 0 saturated heterocycles. The smallest absolute Gasteiger partial charge is 0.246 e. The van der Waals surface area contributed by atoms with E-state index in [1.165, 1.54) is 10.9 Å². The molecule has 0 radical (unpaired) electrons. The minimum atomic E-state index is -0.263. The molecule has 4 rings (SSSR count). The van der Waals surface area contributed by atoms with Gasteiger partial charge in [0.15, 0.2) is 17.3 Å². The van der Waals surface area contributed by atoms with Crippen molar-refractivity contribution in [1.29, 1.82) is 0 Å². The van der Waals surface area contributed by atoms with Gasteiger partial charge in [-0.15, -0.1) is 5.10 Å². The third kappa shape index (κ3) is 3.39. The van der Waals surface area contributed by atoms with Crippen LogP contribution in [0.3, 0.4) is 0 Å². The van der Waals surface area contributed by atoms with Crippen molar-refractivity contribution in [2.45, 2.75) is 25.8 Å². The second-order valence-electron chi connectivity index (χ2n) is 6.03. The van der Waals surface area contributed by atoms with Crippen molar-refractivity contribution in [2.24, 2.45) is 5.92 Å². The Bertz CT molecular complexity index is 815. The topological polar surface area (TPSA) is 107 Å². The normalized spacial score (nSPS) is 15.5. The van der Waals surface area contributed by atoms with Crippen LogP contribution in [0.25, 0.3) is 0 Å². The molecule has 130 valence electrons. The van der Waals surface area contributed by atoms with Gasteiger partial charge >= 0.3 is 0 Å². The minimum absolute atomic E-state index is 0.0132. The van der Waals surface area contributed by atoms with E-state index in [-0.39, 0.29) is 31.1 Å². The van der Waals surface area contributed by atoms with Gasteiger partial charge in [0, 0.05) is 17.7 Å². The third-order valence-corrected chi connectivity index (χ3v) is 4.23. The van der Waals surface area contributed by atoms with E-state index in [0.717, 1.165) is 19.3 Å². The summed E-state index contributed by atoms with van der Waals surface area (Å²) in [5.74, 6) is 1.37. The van der Waals surface area contributed by atoms with Gasteiger partial charge in [0.05, 0.1) is 6.20 Å². The molecule has 0 unspecified atom stereocenters. The molecule has 1 aromatic carbocycles. The monoisotopic (exact) mass is 343 g/mol. The van der Waals surface area contributed by atoms with Crippen molar-refractivity contribution in [2.75, 3.05) is 17.4 Å². The number of amides is 2. The number of carbonyl (C=O) groups excluding carboxylic acids is 2. The summed E-state index contributed by atoms with van der Waals surface area (Å²) >= 11 is 0. The molecule has 9 heteroatoms. The molecule has 0 bridgehead atoms. The molecule has 0 atom stereocenters. The predicted molar refractivity (Wildman–Crippen MR) is 87.2 cm³/mol. The Balaban J connectivity index is 1.32. The van der Waals surface area contributed by atoms with Crippen LogP contribution in [-0.2, 0) is 16.1 Å². The fourth-order valence-corrected chi connectivity index (χ4v) is 2.65. The molecule has 1 aliphatic carbocycles. The van der Waals surface area contributed by atoms with Gasteiger partial charge in [-0.3, -0.25) is 9.59 Å². The van der Waals surface area contributed by atoms with E-state index in [1.54, 1.807) is 18.2 Å². The lowest BCUT2D eigenvalue weighted by molar-refractivity contribution is -0.122. The first-order valence-electron chi connectivity index (χ1n) is 8.08. The Morgan fingerprint density at radius 3 is 2.84 bits per heavy atom. The number of hydrogen-bond donors (Lipinski definition) is 2. The number of nitrogens with one attached hydrogen (secondary N) is 2. The van der Waals surface area contributed by atoms with Crippen LogP contribution in [-0.4, -0.2) is 33.6 Å². The number of hydrogen-bond acceptors (Lipinski definition) is 6. The molecule has 1 saturated carbocycles. The SMILES string of the molecule is O=C(Cn1cc(NC(=O)C2CCC2)nn1)Nc1ccc2c(c1)OCO2. The zero-order chi connectivity index (χ0) is 17.2. The Kier molecular flexibility index (Phi) is 3.96. The molecule has 1 aromatic heterocycles. The van der Waals surface area contributed by atoms with Crippen LogP contribution in [0.2, 0.25) is 0 Å². The van der Waals surface area contributed by atoms with Crippen molar-refractivity contribution in [3.8, 4) is 11.5 Å². The molecular weight excluding hydrogens is 326 g/mol. The zero-order valence-corrected chi connectivity index (χ0v) is 13.4. The first-order chi connectivity index (χ1) is 12.2. The van der Waals surface area contributed by atoms with Gasteiger partial charge in [0.2, 0.25) is 18.6 Å². The largest absolute Gasteiger partial charge is 0.454 e. The Morgan fingerprint density at radius 1 is 1.20 bits per heavy atom. The maximum Gasteiger partial charge on any atom is 0.246 e. The van der Waals surface area contributed by atoms with E-state index >= 15 is 0 Å². The summed E-state index contributed by atoms with van der Waals surface area (Å²) in [6, 6.07) is 5.17. The summed E-state index contributed by atoms with van der Waals surface area (Å²) < 4.78 is 11.9. The molecular formula is C16H17N5O4. The summed E-state index contributed by atoms with van der Waals surface area (Å²) in [5.41, 5.74) is 0.605. The predicted octanol–water partition coefficient (Wildman–Crippen LogP) is 1.38. The molecule has 2 aromatic rings. The Hall–Kier alpha value is -3.10. The number of fused-ring (bicyclic) bond motifs is 1. The van der Waals surface area contributed by atoms with E-state index in [0.29, 0.717) is 23.0 Å². The van der Waals surface area contributed by atoms with Crippen molar-refractivity contribution < 1.29 is 19.1 Å². The van der Waals surface area contributed by atoms with Crippen LogP contribution < -0.4 is 20.1 Å². The van der Waals surface area contributed by atoms with Crippen LogP contribution in [0.1, 0.15) is 19.3 Å². The molecule has 0 spiro atoms. The van der Waals surface area contributed by atoms with Crippen LogP contribution in [0, 0.1) is 5.92 Å². The first-order valence-corrected chi connectivity index (χ1v) is 8.08. The second-order valence-corrected chi connectivity index (χ2v) is 6.03. The number of carbonyl (C=O) groups is 2. The van der Waals surface area contributed by atoms with E-state index < -0.39 is 0 Å². The maximum absolute atomic E-state index is 12.1. The zero-order valence-electron chi connectivity index (χ0n) is 13.4. The highest BCUT2D eigenvalue weighted by atomic mass is 16.7. The molecule has 2 amide bonds.